The molecule has 5 nitrogen and oxygen atoms in total. The lowest BCUT2D eigenvalue weighted by Gasteiger charge is -2.07. The zero-order chi connectivity index (χ0) is 14.2. The molecule has 1 aromatic carbocycles. The number of hydrogen-bond acceptors (Lipinski definition) is 3. The highest BCUT2D eigenvalue weighted by Gasteiger charge is 2.19. The lowest BCUT2D eigenvalue weighted by molar-refractivity contribution is -0.137. The van der Waals surface area contributed by atoms with Gasteiger partial charge in [0.25, 0.3) is 0 Å². The molecule has 1 atom stereocenters. The summed E-state index contributed by atoms with van der Waals surface area (Å²) in [6, 6.07) is 5.29. The van der Waals surface area contributed by atoms with Gasteiger partial charge in [-0.15, -0.1) is 0 Å². The van der Waals surface area contributed by atoms with Crippen molar-refractivity contribution in [1.82, 2.24) is 9.55 Å². The molecule has 2 rings (SSSR count). The molecule has 0 aliphatic carbocycles. The topological polar surface area (TPSA) is 72.2 Å². The third kappa shape index (κ3) is 2.50. The van der Waals surface area contributed by atoms with Gasteiger partial charge in [-0.2, -0.15) is 0 Å². The molecule has 0 spiro atoms. The number of fused-ring (bicyclic) bond motifs is 1. The lowest BCUT2D eigenvalue weighted by atomic mass is 9.96. The molecule has 0 aliphatic rings. The molecule has 100 valence electrons. The number of benzene rings is 1. The van der Waals surface area contributed by atoms with E-state index in [2.05, 4.69) is 4.98 Å². The van der Waals surface area contributed by atoms with Crippen LogP contribution in [0, 0.1) is 12.8 Å². The van der Waals surface area contributed by atoms with Crippen LogP contribution < -0.4 is 0 Å². The van der Waals surface area contributed by atoms with Crippen molar-refractivity contribution in [3.8, 4) is 0 Å². The Kier molecular flexibility index (Phi) is 3.38. The molecule has 1 N–H and O–H groups in total. The SMILES string of the molecule is Cc1nc2cc(C(=O)C(C)CC(=O)O)ccc2n1C. The van der Waals surface area contributed by atoms with Crippen LogP contribution in [0.3, 0.4) is 0 Å². The van der Waals surface area contributed by atoms with Crippen LogP contribution in [0.25, 0.3) is 11.0 Å². The van der Waals surface area contributed by atoms with E-state index < -0.39 is 11.9 Å². The smallest absolute Gasteiger partial charge is 0.304 e. The highest BCUT2D eigenvalue weighted by atomic mass is 16.4. The van der Waals surface area contributed by atoms with Gasteiger partial charge in [-0.25, -0.2) is 4.98 Å². The van der Waals surface area contributed by atoms with E-state index in [0.29, 0.717) is 5.56 Å². The second-order valence-corrected chi connectivity index (χ2v) is 4.78. The molecule has 0 aliphatic heterocycles. The first kappa shape index (κ1) is 13.3. The van der Waals surface area contributed by atoms with E-state index in [4.69, 9.17) is 5.11 Å². The number of imidazole rings is 1. The molecule has 1 unspecified atom stereocenters. The van der Waals surface area contributed by atoms with E-state index in [9.17, 15) is 9.59 Å². The van der Waals surface area contributed by atoms with Crippen LogP contribution in [-0.2, 0) is 11.8 Å². The van der Waals surface area contributed by atoms with Gasteiger partial charge in [0.2, 0.25) is 0 Å². The average molecular weight is 260 g/mol. The van der Waals surface area contributed by atoms with E-state index in [1.165, 1.54) is 0 Å². The van der Waals surface area contributed by atoms with Crippen molar-refractivity contribution in [2.45, 2.75) is 20.3 Å². The summed E-state index contributed by atoms with van der Waals surface area (Å²) in [6.07, 6.45) is -0.155. The number of carbonyl (C=O) groups excluding carboxylic acids is 1. The third-order valence-electron chi connectivity index (χ3n) is 3.32. The fourth-order valence-electron chi connectivity index (χ4n) is 2.11. The van der Waals surface area contributed by atoms with Crippen LogP contribution in [0.15, 0.2) is 18.2 Å². The molecule has 5 heteroatoms. The van der Waals surface area contributed by atoms with E-state index in [-0.39, 0.29) is 12.2 Å². The highest BCUT2D eigenvalue weighted by Crippen LogP contribution is 2.19. The van der Waals surface area contributed by atoms with Gasteiger partial charge in [0.15, 0.2) is 5.78 Å². The molecule has 0 bridgehead atoms. The molecular weight excluding hydrogens is 244 g/mol. The van der Waals surface area contributed by atoms with Crippen LogP contribution in [0.5, 0.6) is 0 Å². The molecule has 1 aromatic heterocycles. The van der Waals surface area contributed by atoms with E-state index >= 15 is 0 Å². The van der Waals surface area contributed by atoms with Crippen LogP contribution in [0.4, 0.5) is 0 Å². The molecule has 0 amide bonds. The van der Waals surface area contributed by atoms with Crippen molar-refractivity contribution in [3.63, 3.8) is 0 Å². The Morgan fingerprint density at radius 3 is 2.74 bits per heavy atom. The first-order chi connectivity index (χ1) is 8.90. The van der Waals surface area contributed by atoms with E-state index in [0.717, 1.165) is 16.9 Å². The summed E-state index contributed by atoms with van der Waals surface area (Å²) < 4.78 is 1.95. The first-order valence-electron chi connectivity index (χ1n) is 6.09. The van der Waals surface area contributed by atoms with Gasteiger partial charge in [0, 0.05) is 18.5 Å². The molecular formula is C14H16N2O3. The van der Waals surface area contributed by atoms with Gasteiger partial charge in [-0.05, 0) is 25.1 Å². The van der Waals surface area contributed by atoms with Gasteiger partial charge in [-0.3, -0.25) is 9.59 Å². The Morgan fingerprint density at radius 1 is 1.42 bits per heavy atom. The van der Waals surface area contributed by atoms with Gasteiger partial charge < -0.3 is 9.67 Å². The monoisotopic (exact) mass is 260 g/mol. The quantitative estimate of drug-likeness (QED) is 0.855. The Bertz CT molecular complexity index is 658. The Labute approximate surface area is 110 Å². The maximum absolute atomic E-state index is 12.1. The molecule has 0 radical (unpaired) electrons. The summed E-state index contributed by atoms with van der Waals surface area (Å²) in [5, 5.41) is 8.72. The zero-order valence-electron chi connectivity index (χ0n) is 11.2. The zero-order valence-corrected chi connectivity index (χ0v) is 11.2. The fourth-order valence-corrected chi connectivity index (χ4v) is 2.11. The number of nitrogens with zero attached hydrogens (tertiary/aromatic N) is 2. The second kappa shape index (κ2) is 4.84. The third-order valence-corrected chi connectivity index (χ3v) is 3.32. The summed E-state index contributed by atoms with van der Waals surface area (Å²) in [5.74, 6) is -0.777. The van der Waals surface area contributed by atoms with Gasteiger partial charge in [0.1, 0.15) is 5.82 Å². The normalized spacial score (nSPS) is 12.6. The number of carboxylic acid groups (broad SMARTS) is 1. The number of aromatic nitrogens is 2. The summed E-state index contributed by atoms with van der Waals surface area (Å²) >= 11 is 0. The number of rotatable bonds is 4. The number of carbonyl (C=O) groups is 2. The number of hydrogen-bond donors (Lipinski definition) is 1. The molecule has 1 heterocycles. The molecule has 2 aromatic rings. The van der Waals surface area contributed by atoms with Gasteiger partial charge in [-0.1, -0.05) is 6.92 Å². The van der Waals surface area contributed by atoms with Gasteiger partial charge in [0.05, 0.1) is 17.5 Å². The number of aryl methyl sites for hydroxylation is 2. The van der Waals surface area contributed by atoms with E-state index in [1.54, 1.807) is 19.1 Å². The Hall–Kier alpha value is -2.17. The molecule has 0 saturated heterocycles. The van der Waals surface area contributed by atoms with Crippen molar-refractivity contribution in [2.75, 3.05) is 0 Å². The molecule has 0 saturated carbocycles. The average Bonchev–Trinajstić information content (AvgIpc) is 2.63. The minimum atomic E-state index is -0.962. The number of aliphatic carboxylic acids is 1. The Morgan fingerprint density at radius 2 is 2.11 bits per heavy atom. The standard InChI is InChI=1S/C14H16N2O3/c1-8(6-13(17)18)14(19)10-4-5-12-11(7-10)15-9(2)16(12)3/h4-5,7-8H,6H2,1-3H3,(H,17,18). The van der Waals surface area contributed by atoms with Crippen LogP contribution in [0.1, 0.15) is 29.5 Å². The van der Waals surface area contributed by atoms with Crippen molar-refractivity contribution < 1.29 is 14.7 Å². The maximum Gasteiger partial charge on any atom is 0.304 e. The van der Waals surface area contributed by atoms with Crippen molar-refractivity contribution in [3.05, 3.63) is 29.6 Å². The lowest BCUT2D eigenvalue weighted by Crippen LogP contribution is -2.15. The summed E-state index contributed by atoms with van der Waals surface area (Å²) in [5.41, 5.74) is 2.23. The van der Waals surface area contributed by atoms with Crippen molar-refractivity contribution >= 4 is 22.8 Å². The predicted molar refractivity (Wildman–Crippen MR) is 71.2 cm³/mol. The van der Waals surface area contributed by atoms with Crippen LogP contribution >= 0.6 is 0 Å². The summed E-state index contributed by atoms with van der Waals surface area (Å²) in [6.45, 7) is 3.53. The second-order valence-electron chi connectivity index (χ2n) is 4.78. The summed E-state index contributed by atoms with van der Waals surface area (Å²) in [7, 11) is 1.92. The minimum absolute atomic E-state index is 0.155. The molecule has 0 fully saturated rings. The maximum atomic E-state index is 12.1. The number of ketones is 1. The first-order valence-corrected chi connectivity index (χ1v) is 6.09. The van der Waals surface area contributed by atoms with Crippen molar-refractivity contribution in [1.29, 1.82) is 0 Å². The number of carboxylic acids is 1. The highest BCUT2D eigenvalue weighted by molar-refractivity contribution is 6.01. The summed E-state index contributed by atoms with van der Waals surface area (Å²) in [4.78, 5) is 27.1. The Balaban J connectivity index is 2.35. The van der Waals surface area contributed by atoms with Crippen LogP contribution in [0.2, 0.25) is 0 Å². The van der Waals surface area contributed by atoms with Crippen LogP contribution in [-0.4, -0.2) is 26.4 Å². The largest absolute Gasteiger partial charge is 0.481 e. The van der Waals surface area contributed by atoms with E-state index in [1.807, 2.05) is 24.6 Å². The van der Waals surface area contributed by atoms with Gasteiger partial charge >= 0.3 is 5.97 Å². The number of Topliss-reactive ketones (excluding diaryl/α,β-unsaturated/α-hetero) is 1. The fraction of sp³-hybridized carbons (Fsp3) is 0.357. The predicted octanol–water partition coefficient (Wildman–Crippen LogP) is 2.18. The van der Waals surface area contributed by atoms with Crippen molar-refractivity contribution in [2.24, 2.45) is 13.0 Å². The minimum Gasteiger partial charge on any atom is -0.481 e. The molecule has 19 heavy (non-hydrogen) atoms.